The van der Waals surface area contributed by atoms with Gasteiger partial charge in [0.15, 0.2) is 0 Å². The van der Waals surface area contributed by atoms with Crippen molar-refractivity contribution in [1.82, 2.24) is 9.97 Å². The number of pyridine rings is 1. The number of aromatic nitrogens is 2. The summed E-state index contributed by atoms with van der Waals surface area (Å²) >= 11 is 5.82. The van der Waals surface area contributed by atoms with E-state index in [0.717, 1.165) is 5.76 Å². The number of nitrogens with one attached hydrogen (secondary N) is 1. The van der Waals surface area contributed by atoms with Crippen LogP contribution in [0.4, 0.5) is 5.82 Å². The van der Waals surface area contributed by atoms with Crippen LogP contribution < -0.4 is 5.32 Å². The molecule has 5 nitrogen and oxygen atoms in total. The van der Waals surface area contributed by atoms with E-state index in [4.69, 9.17) is 21.3 Å². The maximum atomic E-state index is 8.85. The fourth-order valence-corrected chi connectivity index (χ4v) is 1.70. The van der Waals surface area contributed by atoms with Gasteiger partial charge in [0.1, 0.15) is 22.8 Å². The van der Waals surface area contributed by atoms with Gasteiger partial charge in [-0.25, -0.2) is 9.97 Å². The highest BCUT2D eigenvalue weighted by atomic mass is 35.5. The summed E-state index contributed by atoms with van der Waals surface area (Å²) in [5.41, 5.74) is 0.452. The van der Waals surface area contributed by atoms with E-state index in [2.05, 4.69) is 15.3 Å². The summed E-state index contributed by atoms with van der Waals surface area (Å²) in [6.07, 6.45) is 1.65. The molecule has 0 aliphatic rings. The minimum atomic E-state index is -0.156. The van der Waals surface area contributed by atoms with E-state index < -0.39 is 0 Å². The van der Waals surface area contributed by atoms with Crippen molar-refractivity contribution in [3.8, 4) is 6.07 Å². The van der Waals surface area contributed by atoms with E-state index in [9.17, 15) is 0 Å². The number of hydrogen-bond donors (Lipinski definition) is 1. The molecular formula is C12H11ClN4O. The smallest absolute Gasteiger partial charge is 0.216 e. The van der Waals surface area contributed by atoms with Crippen molar-refractivity contribution in [2.75, 3.05) is 5.32 Å². The number of nitriles is 1. The molecule has 1 unspecified atom stereocenters. The van der Waals surface area contributed by atoms with Crippen LogP contribution in [0, 0.1) is 18.3 Å². The Hall–Kier alpha value is -2.06. The maximum Gasteiger partial charge on any atom is 0.216 e. The first-order valence-corrected chi connectivity index (χ1v) is 5.73. The van der Waals surface area contributed by atoms with Gasteiger partial charge in [0.2, 0.25) is 5.89 Å². The largest absolute Gasteiger partial charge is 0.444 e. The van der Waals surface area contributed by atoms with E-state index in [-0.39, 0.29) is 11.2 Å². The third-order valence-electron chi connectivity index (χ3n) is 2.30. The number of nitrogens with zero attached hydrogens (tertiary/aromatic N) is 3. The highest BCUT2D eigenvalue weighted by molar-refractivity contribution is 6.29. The van der Waals surface area contributed by atoms with E-state index in [1.807, 2.05) is 19.9 Å². The summed E-state index contributed by atoms with van der Waals surface area (Å²) in [6.45, 7) is 3.72. The maximum absolute atomic E-state index is 8.85. The van der Waals surface area contributed by atoms with Gasteiger partial charge in [-0.1, -0.05) is 11.6 Å². The molecule has 2 heterocycles. The first-order valence-electron chi connectivity index (χ1n) is 5.35. The average Bonchev–Trinajstić information content (AvgIpc) is 2.75. The zero-order chi connectivity index (χ0) is 13.1. The minimum absolute atomic E-state index is 0.156. The second-order valence-corrected chi connectivity index (χ2v) is 4.24. The monoisotopic (exact) mass is 262 g/mol. The molecule has 18 heavy (non-hydrogen) atoms. The van der Waals surface area contributed by atoms with Crippen molar-refractivity contribution in [2.45, 2.75) is 19.9 Å². The molecule has 0 radical (unpaired) electrons. The average molecular weight is 263 g/mol. The third kappa shape index (κ3) is 2.79. The first kappa shape index (κ1) is 12.4. The molecule has 1 atom stereocenters. The quantitative estimate of drug-likeness (QED) is 0.861. The van der Waals surface area contributed by atoms with Crippen molar-refractivity contribution in [3.05, 3.63) is 40.7 Å². The summed E-state index contributed by atoms with van der Waals surface area (Å²) in [7, 11) is 0. The van der Waals surface area contributed by atoms with Crippen LogP contribution in [0.2, 0.25) is 5.15 Å². The molecule has 0 saturated carbocycles. The SMILES string of the molecule is Cc1cnc(C(C)Nc2cc(C#N)cc(Cl)n2)o1. The lowest BCUT2D eigenvalue weighted by Gasteiger charge is -2.11. The molecule has 0 saturated heterocycles. The van der Waals surface area contributed by atoms with Gasteiger partial charge in [-0.3, -0.25) is 0 Å². The van der Waals surface area contributed by atoms with E-state index in [0.29, 0.717) is 17.3 Å². The minimum Gasteiger partial charge on any atom is -0.444 e. The summed E-state index contributed by atoms with van der Waals surface area (Å²) in [6, 6.07) is 5.00. The van der Waals surface area contributed by atoms with Gasteiger partial charge in [0.25, 0.3) is 0 Å². The summed E-state index contributed by atoms with van der Waals surface area (Å²) in [5.74, 6) is 1.82. The Labute approximate surface area is 109 Å². The summed E-state index contributed by atoms with van der Waals surface area (Å²) in [5, 5.41) is 12.2. The molecule has 2 aromatic heterocycles. The van der Waals surface area contributed by atoms with Crippen molar-refractivity contribution in [3.63, 3.8) is 0 Å². The van der Waals surface area contributed by atoms with Crippen LogP contribution in [-0.2, 0) is 0 Å². The molecule has 0 amide bonds. The Morgan fingerprint density at radius 3 is 2.89 bits per heavy atom. The summed E-state index contributed by atoms with van der Waals surface area (Å²) < 4.78 is 5.40. The van der Waals surface area contributed by atoms with Crippen molar-refractivity contribution in [2.24, 2.45) is 0 Å². The third-order valence-corrected chi connectivity index (χ3v) is 2.49. The Morgan fingerprint density at radius 1 is 1.50 bits per heavy atom. The molecule has 0 aliphatic carbocycles. The van der Waals surface area contributed by atoms with Crippen molar-refractivity contribution < 1.29 is 4.42 Å². The first-order chi connectivity index (χ1) is 8.58. The molecular weight excluding hydrogens is 252 g/mol. The van der Waals surface area contributed by atoms with Crippen LogP contribution in [0.1, 0.15) is 30.2 Å². The Balaban J connectivity index is 2.19. The van der Waals surface area contributed by atoms with E-state index in [1.165, 1.54) is 6.07 Å². The molecule has 0 aromatic carbocycles. The number of hydrogen-bond acceptors (Lipinski definition) is 5. The van der Waals surface area contributed by atoms with Gasteiger partial charge in [-0.2, -0.15) is 5.26 Å². The molecule has 1 N–H and O–H groups in total. The van der Waals surface area contributed by atoms with Gasteiger partial charge in [0, 0.05) is 0 Å². The predicted molar refractivity (Wildman–Crippen MR) is 67.2 cm³/mol. The molecule has 0 aliphatic heterocycles. The number of anilines is 1. The fourth-order valence-electron chi connectivity index (χ4n) is 1.49. The summed E-state index contributed by atoms with van der Waals surface area (Å²) in [4.78, 5) is 8.21. The molecule has 0 fully saturated rings. The number of oxazole rings is 1. The lowest BCUT2D eigenvalue weighted by molar-refractivity contribution is 0.453. The molecule has 0 spiro atoms. The second kappa shape index (κ2) is 5.07. The molecule has 0 bridgehead atoms. The molecule has 2 rings (SSSR count). The van der Waals surface area contributed by atoms with Crippen LogP contribution in [0.25, 0.3) is 0 Å². The molecule has 92 valence electrons. The van der Waals surface area contributed by atoms with Crippen molar-refractivity contribution in [1.29, 1.82) is 5.26 Å². The van der Waals surface area contributed by atoms with Crippen LogP contribution in [0.5, 0.6) is 0 Å². The Kier molecular flexibility index (Phi) is 3.49. The number of rotatable bonds is 3. The van der Waals surface area contributed by atoms with Gasteiger partial charge in [-0.05, 0) is 26.0 Å². The van der Waals surface area contributed by atoms with Gasteiger partial charge in [0.05, 0.1) is 17.8 Å². The standard InChI is InChI=1S/C12H11ClN4O/c1-7-6-15-12(18-7)8(2)16-11-4-9(5-14)3-10(13)17-11/h3-4,6,8H,1-2H3,(H,16,17). The van der Waals surface area contributed by atoms with Crippen molar-refractivity contribution >= 4 is 17.4 Å². The Bertz CT molecular complexity index is 602. The lowest BCUT2D eigenvalue weighted by atomic mass is 10.2. The van der Waals surface area contributed by atoms with E-state index in [1.54, 1.807) is 12.3 Å². The fraction of sp³-hybridized carbons (Fsp3) is 0.250. The van der Waals surface area contributed by atoms with Crippen LogP contribution in [0.3, 0.4) is 0 Å². The second-order valence-electron chi connectivity index (χ2n) is 3.85. The van der Waals surface area contributed by atoms with Gasteiger partial charge < -0.3 is 9.73 Å². The Morgan fingerprint density at radius 2 is 2.28 bits per heavy atom. The van der Waals surface area contributed by atoms with Gasteiger partial charge in [-0.15, -0.1) is 0 Å². The highest BCUT2D eigenvalue weighted by Crippen LogP contribution is 2.20. The lowest BCUT2D eigenvalue weighted by Crippen LogP contribution is -2.08. The zero-order valence-corrected chi connectivity index (χ0v) is 10.7. The normalized spacial score (nSPS) is 11.9. The van der Waals surface area contributed by atoms with Gasteiger partial charge >= 0.3 is 0 Å². The molecule has 2 aromatic rings. The topological polar surface area (TPSA) is 74.7 Å². The molecule has 6 heteroatoms. The van der Waals surface area contributed by atoms with Crippen LogP contribution in [-0.4, -0.2) is 9.97 Å². The van der Waals surface area contributed by atoms with Crippen LogP contribution in [0.15, 0.2) is 22.7 Å². The highest BCUT2D eigenvalue weighted by Gasteiger charge is 2.12. The number of halogens is 1. The van der Waals surface area contributed by atoms with Crippen LogP contribution >= 0.6 is 11.6 Å². The zero-order valence-electron chi connectivity index (χ0n) is 9.94. The predicted octanol–water partition coefficient (Wildman–Crippen LogP) is 3.08. The van der Waals surface area contributed by atoms with E-state index >= 15 is 0 Å². The number of aryl methyl sites for hydroxylation is 1.